The molecule has 8 heteroatoms. The molecule has 0 aliphatic carbocycles. The Kier molecular flexibility index (Phi) is 4.71. The molecule has 0 unspecified atom stereocenters. The van der Waals surface area contributed by atoms with Crippen molar-refractivity contribution in [2.75, 3.05) is 0 Å². The van der Waals surface area contributed by atoms with Gasteiger partial charge >= 0.3 is 0 Å². The fourth-order valence-corrected chi connectivity index (χ4v) is 2.73. The largest absolute Gasteiger partial charge is 0.420 e. The number of aromatic nitrogens is 6. The van der Waals surface area contributed by atoms with Crippen LogP contribution < -0.4 is 0 Å². The monoisotopic (exact) mass is 330 g/mol. The second kappa shape index (κ2) is 6.91. The van der Waals surface area contributed by atoms with Crippen LogP contribution in [0.2, 0.25) is 0 Å². The van der Waals surface area contributed by atoms with Crippen molar-refractivity contribution in [2.45, 2.75) is 38.2 Å². The van der Waals surface area contributed by atoms with Crippen LogP contribution in [-0.4, -0.2) is 30.4 Å². The fourth-order valence-electron chi connectivity index (χ4n) is 2.01. The van der Waals surface area contributed by atoms with E-state index < -0.39 is 0 Å². The Labute approximate surface area is 138 Å². The third-order valence-corrected chi connectivity index (χ3v) is 4.07. The number of hydrogen-bond acceptors (Lipinski definition) is 7. The van der Waals surface area contributed by atoms with Gasteiger partial charge in [-0.25, -0.2) is 4.68 Å². The van der Waals surface area contributed by atoms with Gasteiger partial charge in [0.15, 0.2) is 0 Å². The summed E-state index contributed by atoms with van der Waals surface area (Å²) in [5, 5.41) is 20.7. The first-order valence-electron chi connectivity index (χ1n) is 7.40. The van der Waals surface area contributed by atoms with Gasteiger partial charge in [0.2, 0.25) is 16.9 Å². The highest BCUT2D eigenvalue weighted by atomic mass is 32.2. The molecule has 0 aliphatic heterocycles. The van der Waals surface area contributed by atoms with Gasteiger partial charge in [-0.1, -0.05) is 43.3 Å². The molecule has 0 spiro atoms. The third-order valence-electron chi connectivity index (χ3n) is 3.13. The Bertz CT molecular complexity index is 764. The Morgan fingerprint density at radius 1 is 1.13 bits per heavy atom. The maximum Gasteiger partial charge on any atom is 0.247 e. The van der Waals surface area contributed by atoms with Crippen molar-refractivity contribution < 1.29 is 4.42 Å². The molecule has 23 heavy (non-hydrogen) atoms. The zero-order chi connectivity index (χ0) is 16.2. The van der Waals surface area contributed by atoms with E-state index in [0.29, 0.717) is 23.5 Å². The summed E-state index contributed by atoms with van der Waals surface area (Å²) in [6.45, 7) is 7.08. The smallest absolute Gasteiger partial charge is 0.247 e. The van der Waals surface area contributed by atoms with Gasteiger partial charge in [-0.3, -0.25) is 0 Å². The zero-order valence-electron chi connectivity index (χ0n) is 13.3. The molecule has 0 N–H and O–H groups in total. The van der Waals surface area contributed by atoms with Crippen LogP contribution in [0.25, 0.3) is 11.5 Å². The number of nitrogens with zero attached hydrogens (tertiary/aromatic N) is 6. The highest BCUT2D eigenvalue weighted by molar-refractivity contribution is 7.98. The predicted octanol–water partition coefficient (Wildman–Crippen LogP) is 2.98. The maximum atomic E-state index is 5.71. The minimum atomic E-state index is 0.481. The third kappa shape index (κ3) is 3.95. The van der Waals surface area contributed by atoms with Gasteiger partial charge in [0.25, 0.3) is 0 Å². The number of rotatable bonds is 6. The lowest BCUT2D eigenvalue weighted by atomic mass is 10.1. The molecule has 0 amide bonds. The molecule has 1 aromatic carbocycles. The molecule has 0 fully saturated rings. The summed E-state index contributed by atoms with van der Waals surface area (Å²) in [6, 6.07) is 7.99. The summed E-state index contributed by atoms with van der Waals surface area (Å²) in [5.74, 6) is 2.11. The van der Waals surface area contributed by atoms with Crippen LogP contribution in [0.15, 0.2) is 33.8 Å². The normalized spacial score (nSPS) is 11.3. The Hall–Kier alpha value is -2.22. The van der Waals surface area contributed by atoms with E-state index in [9.17, 15) is 0 Å². The average molecular weight is 330 g/mol. The maximum absolute atomic E-state index is 5.71. The second-order valence-electron chi connectivity index (χ2n) is 5.69. The molecule has 2 heterocycles. The van der Waals surface area contributed by atoms with Gasteiger partial charge in [-0.2, -0.15) is 0 Å². The van der Waals surface area contributed by atoms with E-state index >= 15 is 0 Å². The van der Waals surface area contributed by atoms with Gasteiger partial charge < -0.3 is 4.42 Å². The minimum absolute atomic E-state index is 0.481. The Balaban J connectivity index is 1.66. The molecule has 2 aromatic heterocycles. The molecule has 0 atom stereocenters. The predicted molar refractivity (Wildman–Crippen MR) is 86.7 cm³/mol. The first kappa shape index (κ1) is 15.7. The van der Waals surface area contributed by atoms with Crippen molar-refractivity contribution in [2.24, 2.45) is 5.92 Å². The van der Waals surface area contributed by atoms with Crippen LogP contribution in [0.1, 0.15) is 25.3 Å². The van der Waals surface area contributed by atoms with Gasteiger partial charge in [-0.05, 0) is 35.4 Å². The van der Waals surface area contributed by atoms with Crippen LogP contribution in [0, 0.1) is 12.8 Å². The molecule has 0 aliphatic rings. The summed E-state index contributed by atoms with van der Waals surface area (Å²) in [6.07, 6.45) is 0. The first-order valence-corrected chi connectivity index (χ1v) is 8.39. The van der Waals surface area contributed by atoms with Crippen LogP contribution in [0.5, 0.6) is 0 Å². The van der Waals surface area contributed by atoms with E-state index in [1.54, 1.807) is 4.68 Å². The van der Waals surface area contributed by atoms with Crippen molar-refractivity contribution in [3.8, 4) is 11.5 Å². The summed E-state index contributed by atoms with van der Waals surface area (Å²) in [7, 11) is 0. The van der Waals surface area contributed by atoms with Crippen molar-refractivity contribution in [1.29, 1.82) is 0 Å². The standard InChI is InChI=1S/C15H18N6OS/c1-10(2)8-21-15(18-19-20-21)23-9-13-16-17-14(22-13)12-6-4-11(3)5-7-12/h4-7,10H,8-9H2,1-3H3. The highest BCUT2D eigenvalue weighted by Crippen LogP contribution is 2.23. The number of aryl methyl sites for hydroxylation is 1. The number of hydrogen-bond donors (Lipinski definition) is 0. The molecule has 3 rings (SSSR count). The molecule has 0 radical (unpaired) electrons. The van der Waals surface area contributed by atoms with Crippen molar-refractivity contribution in [3.63, 3.8) is 0 Å². The van der Waals surface area contributed by atoms with Crippen molar-refractivity contribution in [1.82, 2.24) is 30.4 Å². The Morgan fingerprint density at radius 3 is 2.65 bits per heavy atom. The molecular formula is C15H18N6OS. The van der Waals surface area contributed by atoms with E-state index in [4.69, 9.17) is 4.42 Å². The van der Waals surface area contributed by atoms with Gasteiger partial charge in [0.05, 0.1) is 5.75 Å². The highest BCUT2D eigenvalue weighted by Gasteiger charge is 2.12. The molecule has 7 nitrogen and oxygen atoms in total. The SMILES string of the molecule is Cc1ccc(-c2nnc(CSc3nnnn3CC(C)C)o2)cc1. The Morgan fingerprint density at radius 2 is 1.91 bits per heavy atom. The lowest BCUT2D eigenvalue weighted by molar-refractivity contribution is 0.445. The van der Waals surface area contributed by atoms with E-state index in [-0.39, 0.29) is 0 Å². The zero-order valence-corrected chi connectivity index (χ0v) is 14.1. The second-order valence-corrected chi connectivity index (χ2v) is 6.64. The first-order chi connectivity index (χ1) is 11.1. The van der Waals surface area contributed by atoms with Crippen LogP contribution in [0.4, 0.5) is 0 Å². The van der Waals surface area contributed by atoms with E-state index in [1.165, 1.54) is 17.3 Å². The number of thioether (sulfide) groups is 1. The average Bonchev–Trinajstić information content (AvgIpc) is 3.15. The molecule has 0 bridgehead atoms. The van der Waals surface area contributed by atoms with Gasteiger partial charge in [-0.15, -0.1) is 15.3 Å². The van der Waals surface area contributed by atoms with Crippen LogP contribution >= 0.6 is 11.8 Å². The van der Waals surface area contributed by atoms with E-state index in [0.717, 1.165) is 17.3 Å². The summed E-state index contributed by atoms with van der Waals surface area (Å²) < 4.78 is 7.51. The van der Waals surface area contributed by atoms with Gasteiger partial charge in [0, 0.05) is 12.1 Å². The lowest BCUT2D eigenvalue weighted by Crippen LogP contribution is -2.07. The quantitative estimate of drug-likeness (QED) is 0.642. The van der Waals surface area contributed by atoms with Crippen molar-refractivity contribution in [3.05, 3.63) is 35.7 Å². The molecule has 3 aromatic rings. The molecule has 120 valence electrons. The molecular weight excluding hydrogens is 312 g/mol. The fraction of sp³-hybridized carbons (Fsp3) is 0.400. The summed E-state index contributed by atoms with van der Waals surface area (Å²) in [5.41, 5.74) is 2.12. The summed E-state index contributed by atoms with van der Waals surface area (Å²) in [4.78, 5) is 0. The van der Waals surface area contributed by atoms with Crippen LogP contribution in [0.3, 0.4) is 0 Å². The molecule has 0 saturated heterocycles. The number of benzene rings is 1. The van der Waals surface area contributed by atoms with E-state index in [2.05, 4.69) is 39.6 Å². The van der Waals surface area contributed by atoms with Crippen LogP contribution in [-0.2, 0) is 12.3 Å². The lowest BCUT2D eigenvalue weighted by Gasteiger charge is -2.05. The molecule has 0 saturated carbocycles. The summed E-state index contributed by atoms with van der Waals surface area (Å²) >= 11 is 1.49. The van der Waals surface area contributed by atoms with E-state index in [1.807, 2.05) is 31.2 Å². The minimum Gasteiger partial charge on any atom is -0.420 e. The van der Waals surface area contributed by atoms with Crippen molar-refractivity contribution >= 4 is 11.8 Å². The topological polar surface area (TPSA) is 82.5 Å². The number of tetrazole rings is 1. The van der Waals surface area contributed by atoms with Gasteiger partial charge in [0.1, 0.15) is 0 Å².